The lowest BCUT2D eigenvalue weighted by Crippen LogP contribution is -1.94. The molecule has 0 spiro atoms. The van der Waals surface area contributed by atoms with Gasteiger partial charge in [-0.1, -0.05) is 61.5 Å². The Labute approximate surface area is 134 Å². The molecule has 0 aromatic heterocycles. The summed E-state index contributed by atoms with van der Waals surface area (Å²) in [5, 5.41) is 0. The van der Waals surface area contributed by atoms with Crippen LogP contribution < -0.4 is 4.74 Å². The first-order chi connectivity index (χ1) is 10.8. The van der Waals surface area contributed by atoms with E-state index in [1.54, 1.807) is 7.11 Å². The molecule has 0 saturated heterocycles. The van der Waals surface area contributed by atoms with Gasteiger partial charge in [-0.25, -0.2) is 0 Å². The van der Waals surface area contributed by atoms with Gasteiger partial charge in [0, 0.05) is 0 Å². The lowest BCUT2D eigenvalue weighted by molar-refractivity contribution is 0.414. The molecule has 116 valence electrons. The Balaban J connectivity index is 1.68. The first-order valence-electron chi connectivity index (χ1n) is 8.11. The Kier molecular flexibility index (Phi) is 6.76. The van der Waals surface area contributed by atoms with E-state index in [2.05, 4.69) is 61.5 Å². The van der Waals surface area contributed by atoms with Crippen LogP contribution in [0.5, 0.6) is 5.75 Å². The molecule has 0 radical (unpaired) electrons. The predicted molar refractivity (Wildman–Crippen MR) is 94.4 cm³/mol. The maximum Gasteiger partial charge on any atom is 0.118 e. The van der Waals surface area contributed by atoms with Crippen LogP contribution >= 0.6 is 0 Å². The van der Waals surface area contributed by atoms with Crippen LogP contribution in [0.1, 0.15) is 30.9 Å². The van der Waals surface area contributed by atoms with Crippen molar-refractivity contribution < 1.29 is 4.74 Å². The van der Waals surface area contributed by atoms with Crippen LogP contribution in [0, 0.1) is 5.92 Å². The minimum absolute atomic E-state index is 0.623. The molecule has 22 heavy (non-hydrogen) atoms. The first-order valence-corrected chi connectivity index (χ1v) is 8.11. The second-order valence-electron chi connectivity index (χ2n) is 5.82. The molecule has 2 aromatic carbocycles. The zero-order valence-electron chi connectivity index (χ0n) is 13.7. The number of allylic oxidation sites excluding steroid dienone is 2. The number of hydrogen-bond acceptors (Lipinski definition) is 1. The summed E-state index contributed by atoms with van der Waals surface area (Å²) in [5.41, 5.74) is 2.79. The van der Waals surface area contributed by atoms with E-state index in [1.165, 1.54) is 17.5 Å². The molecule has 0 fully saturated rings. The fourth-order valence-corrected chi connectivity index (χ4v) is 2.51. The maximum atomic E-state index is 5.19. The van der Waals surface area contributed by atoms with Gasteiger partial charge in [0.25, 0.3) is 0 Å². The minimum atomic E-state index is 0.623. The molecule has 2 aromatic rings. The van der Waals surface area contributed by atoms with Crippen LogP contribution in [-0.4, -0.2) is 7.11 Å². The summed E-state index contributed by atoms with van der Waals surface area (Å²) in [6.07, 6.45) is 9.24. The molecule has 0 aliphatic carbocycles. The van der Waals surface area contributed by atoms with Crippen LogP contribution in [0.3, 0.4) is 0 Å². The zero-order valence-corrected chi connectivity index (χ0v) is 13.7. The summed E-state index contributed by atoms with van der Waals surface area (Å²) in [5.74, 6) is 1.55. The van der Waals surface area contributed by atoms with Gasteiger partial charge >= 0.3 is 0 Å². The van der Waals surface area contributed by atoms with E-state index in [0.29, 0.717) is 5.92 Å². The third-order valence-corrected chi connectivity index (χ3v) is 3.95. The van der Waals surface area contributed by atoms with Crippen LogP contribution in [0.4, 0.5) is 0 Å². The minimum Gasteiger partial charge on any atom is -0.497 e. The second kappa shape index (κ2) is 9.09. The summed E-state index contributed by atoms with van der Waals surface area (Å²) >= 11 is 0. The standard InChI is InChI=1S/C21H26O/c1-18(8-6-7-11-19-9-4-3-5-10-19)12-13-20-14-16-21(22-2)17-15-20/h3-6,8-10,14-18H,7,11-13H2,1-2H3/b8-6+. The predicted octanol–water partition coefficient (Wildman–Crippen LogP) is 5.45. The van der Waals surface area contributed by atoms with Gasteiger partial charge in [-0.05, 0) is 54.9 Å². The monoisotopic (exact) mass is 294 g/mol. The Morgan fingerprint density at radius 1 is 0.909 bits per heavy atom. The van der Waals surface area contributed by atoms with Crippen LogP contribution in [0.15, 0.2) is 66.7 Å². The van der Waals surface area contributed by atoms with Crippen molar-refractivity contribution >= 4 is 0 Å². The van der Waals surface area contributed by atoms with Gasteiger partial charge in [0.2, 0.25) is 0 Å². The van der Waals surface area contributed by atoms with Gasteiger partial charge in [0.05, 0.1) is 7.11 Å². The quantitative estimate of drug-likeness (QED) is 0.588. The Morgan fingerprint density at radius 2 is 1.59 bits per heavy atom. The maximum absolute atomic E-state index is 5.19. The van der Waals surface area contributed by atoms with Gasteiger partial charge in [-0.15, -0.1) is 0 Å². The average molecular weight is 294 g/mol. The van der Waals surface area contributed by atoms with E-state index in [1.807, 2.05) is 12.1 Å². The summed E-state index contributed by atoms with van der Waals surface area (Å²) < 4.78 is 5.19. The van der Waals surface area contributed by atoms with Crippen LogP contribution in [0.2, 0.25) is 0 Å². The highest BCUT2D eigenvalue weighted by atomic mass is 16.5. The van der Waals surface area contributed by atoms with Crippen LogP contribution in [-0.2, 0) is 12.8 Å². The van der Waals surface area contributed by atoms with Crippen molar-refractivity contribution in [3.05, 3.63) is 77.9 Å². The van der Waals surface area contributed by atoms with Gasteiger partial charge in [-0.3, -0.25) is 0 Å². The first kappa shape index (κ1) is 16.4. The number of rotatable bonds is 8. The highest BCUT2D eigenvalue weighted by molar-refractivity contribution is 5.27. The average Bonchev–Trinajstić information content (AvgIpc) is 2.58. The smallest absolute Gasteiger partial charge is 0.118 e. The molecule has 0 aliphatic rings. The molecular weight excluding hydrogens is 268 g/mol. The molecule has 0 amide bonds. The Hall–Kier alpha value is -2.02. The highest BCUT2D eigenvalue weighted by Crippen LogP contribution is 2.15. The molecule has 0 heterocycles. The molecule has 2 rings (SSSR count). The lowest BCUT2D eigenvalue weighted by atomic mass is 10.00. The molecule has 1 heteroatoms. The van der Waals surface area contributed by atoms with Crippen molar-refractivity contribution in [2.45, 2.75) is 32.6 Å². The SMILES string of the molecule is COc1ccc(CCC(C)/C=C/CCc2ccccc2)cc1. The molecular formula is C21H26O. The molecule has 1 atom stereocenters. The molecule has 0 bridgehead atoms. The van der Waals surface area contributed by atoms with E-state index in [4.69, 9.17) is 4.74 Å². The largest absolute Gasteiger partial charge is 0.497 e. The Morgan fingerprint density at radius 3 is 2.27 bits per heavy atom. The summed E-state index contributed by atoms with van der Waals surface area (Å²) in [6, 6.07) is 19.1. The third kappa shape index (κ3) is 5.77. The van der Waals surface area contributed by atoms with Crippen molar-refractivity contribution in [2.24, 2.45) is 5.92 Å². The van der Waals surface area contributed by atoms with E-state index < -0.39 is 0 Å². The number of aryl methyl sites for hydroxylation is 2. The molecule has 0 aliphatic heterocycles. The van der Waals surface area contributed by atoms with Gasteiger partial charge < -0.3 is 4.74 Å². The fraction of sp³-hybridized carbons (Fsp3) is 0.333. The molecule has 1 nitrogen and oxygen atoms in total. The summed E-state index contributed by atoms with van der Waals surface area (Å²) in [7, 11) is 1.71. The third-order valence-electron chi connectivity index (χ3n) is 3.95. The topological polar surface area (TPSA) is 9.23 Å². The number of methoxy groups -OCH3 is 1. The molecule has 1 unspecified atom stereocenters. The van der Waals surface area contributed by atoms with Crippen molar-refractivity contribution in [1.29, 1.82) is 0 Å². The Bertz CT molecular complexity index is 554. The number of benzene rings is 2. The van der Waals surface area contributed by atoms with Crippen LogP contribution in [0.25, 0.3) is 0 Å². The number of hydrogen-bond donors (Lipinski definition) is 0. The lowest BCUT2D eigenvalue weighted by Gasteiger charge is -2.07. The molecule has 0 saturated carbocycles. The second-order valence-corrected chi connectivity index (χ2v) is 5.82. The van der Waals surface area contributed by atoms with E-state index in [0.717, 1.165) is 25.0 Å². The van der Waals surface area contributed by atoms with Gasteiger partial charge in [-0.2, -0.15) is 0 Å². The number of ether oxygens (including phenoxy) is 1. The summed E-state index contributed by atoms with van der Waals surface area (Å²) in [6.45, 7) is 2.29. The zero-order chi connectivity index (χ0) is 15.6. The van der Waals surface area contributed by atoms with Crippen molar-refractivity contribution in [3.8, 4) is 5.75 Å². The normalized spacial score (nSPS) is 12.5. The van der Waals surface area contributed by atoms with E-state index in [-0.39, 0.29) is 0 Å². The molecule has 0 N–H and O–H groups in total. The fourth-order valence-electron chi connectivity index (χ4n) is 2.51. The van der Waals surface area contributed by atoms with E-state index >= 15 is 0 Å². The van der Waals surface area contributed by atoms with Gasteiger partial charge in [0.1, 0.15) is 5.75 Å². The summed E-state index contributed by atoms with van der Waals surface area (Å²) in [4.78, 5) is 0. The van der Waals surface area contributed by atoms with Gasteiger partial charge in [0.15, 0.2) is 0 Å². The van der Waals surface area contributed by atoms with Crippen molar-refractivity contribution in [2.75, 3.05) is 7.11 Å². The van der Waals surface area contributed by atoms with Crippen molar-refractivity contribution in [3.63, 3.8) is 0 Å². The van der Waals surface area contributed by atoms with E-state index in [9.17, 15) is 0 Å². The highest BCUT2D eigenvalue weighted by Gasteiger charge is 2.00. The van der Waals surface area contributed by atoms with Crippen molar-refractivity contribution in [1.82, 2.24) is 0 Å².